The number of allylic oxidation sites excluding steroid dienone is 1. The normalized spacial score (nSPS) is 25.3. The molecule has 2 amide bonds. The van der Waals surface area contributed by atoms with Gasteiger partial charge in [0.1, 0.15) is 6.01 Å². The number of likely N-dealkylation sites (tertiary alicyclic amines) is 1. The van der Waals surface area contributed by atoms with Gasteiger partial charge in [0.2, 0.25) is 0 Å². The van der Waals surface area contributed by atoms with E-state index in [0.717, 1.165) is 41.4 Å². The summed E-state index contributed by atoms with van der Waals surface area (Å²) in [7, 11) is 1.80. The molecule has 5 rings (SSSR count). The first-order valence-electron chi connectivity index (χ1n) is 14.0. The number of nitrogens with one attached hydrogen (secondary N) is 1. The van der Waals surface area contributed by atoms with E-state index in [0.29, 0.717) is 34.2 Å². The second kappa shape index (κ2) is 11.9. The average Bonchev–Trinajstić information content (AvgIpc) is 3.19. The van der Waals surface area contributed by atoms with Crippen molar-refractivity contribution in [1.29, 1.82) is 0 Å². The monoisotopic (exact) mass is 554 g/mol. The van der Waals surface area contributed by atoms with Crippen molar-refractivity contribution in [2.75, 3.05) is 32.8 Å². The third kappa shape index (κ3) is 5.58. The van der Waals surface area contributed by atoms with Crippen LogP contribution in [0.5, 0.6) is 0 Å². The molecule has 210 valence electrons. The average molecular weight is 555 g/mol. The molecule has 1 aliphatic carbocycles. The van der Waals surface area contributed by atoms with Gasteiger partial charge in [0.15, 0.2) is 0 Å². The fourth-order valence-electron chi connectivity index (χ4n) is 6.67. The summed E-state index contributed by atoms with van der Waals surface area (Å²) in [5, 5.41) is 3.89. The highest BCUT2D eigenvalue weighted by Crippen LogP contribution is 2.39. The number of fused-ring (bicyclic) bond motifs is 1. The lowest BCUT2D eigenvalue weighted by molar-refractivity contribution is -0.120. The van der Waals surface area contributed by atoms with Gasteiger partial charge < -0.3 is 14.6 Å². The number of aromatic nitrogens is 1. The summed E-state index contributed by atoms with van der Waals surface area (Å²) in [5.41, 5.74) is 3.20. The van der Waals surface area contributed by atoms with Crippen molar-refractivity contribution in [1.82, 2.24) is 14.8 Å². The Balaban J connectivity index is 1.31. The zero-order chi connectivity index (χ0) is 27.7. The number of methoxy groups -OCH3 is 1. The number of ether oxygens (including phenoxy) is 1. The lowest BCUT2D eigenvalue weighted by Crippen LogP contribution is -2.56. The molecule has 2 fully saturated rings. The topological polar surface area (TPSA) is 75.9 Å². The Labute approximate surface area is 234 Å². The zero-order valence-corrected chi connectivity index (χ0v) is 24.1. The number of hydrogen-bond donors (Lipinski definition) is 1. The van der Waals surface area contributed by atoms with Gasteiger partial charge in [-0.25, -0.2) is 9.38 Å². The zero-order valence-electron chi connectivity index (χ0n) is 23.3. The Kier molecular flexibility index (Phi) is 8.59. The van der Waals surface area contributed by atoms with Crippen LogP contribution in [0.3, 0.4) is 0 Å². The molecule has 2 atom stereocenters. The number of hydrogen-bond acceptors (Lipinski definition) is 5. The minimum Gasteiger partial charge on any atom is -0.379 e. The highest BCUT2D eigenvalue weighted by molar-refractivity contribution is 8.03. The molecule has 1 aromatic carbocycles. The summed E-state index contributed by atoms with van der Waals surface area (Å²) in [6, 6.07) is 8.34. The van der Waals surface area contributed by atoms with Crippen LogP contribution >= 0.6 is 11.8 Å². The van der Waals surface area contributed by atoms with Gasteiger partial charge in [0, 0.05) is 66.0 Å². The van der Waals surface area contributed by atoms with E-state index in [2.05, 4.69) is 32.8 Å². The number of carbonyl (C=O) groups excluding carboxylic acids is 2. The van der Waals surface area contributed by atoms with E-state index >= 15 is 0 Å². The van der Waals surface area contributed by atoms with E-state index in [1.165, 1.54) is 25.7 Å². The number of carbonyl (C=O) groups is 2. The first kappa shape index (κ1) is 28.1. The number of nitrogens with zero attached hydrogens (tertiary/aromatic N) is 3. The minimum atomic E-state index is -0.660. The lowest BCUT2D eigenvalue weighted by atomic mass is 9.80. The van der Waals surface area contributed by atoms with Gasteiger partial charge >= 0.3 is 0 Å². The van der Waals surface area contributed by atoms with Crippen molar-refractivity contribution < 1.29 is 18.7 Å². The minimum absolute atomic E-state index is 0.0895. The molecule has 2 aliphatic heterocycles. The Hall–Kier alpha value is -2.49. The molecule has 1 saturated heterocycles. The van der Waals surface area contributed by atoms with Gasteiger partial charge in [-0.3, -0.25) is 14.5 Å². The molecule has 3 heterocycles. The number of benzene rings is 1. The SMILES string of the molecule is COC1CN(C2CCC([C@@H](C)n3c(C)c(C(=O)NCC4C(=O)N=C(C)C=C4SCF)c4ccccc43)CC2)C1. The van der Waals surface area contributed by atoms with Crippen LogP contribution in [0, 0.1) is 18.8 Å². The van der Waals surface area contributed by atoms with E-state index in [-0.39, 0.29) is 24.4 Å². The smallest absolute Gasteiger partial charge is 0.255 e. The van der Waals surface area contributed by atoms with Gasteiger partial charge in [-0.15, -0.1) is 0 Å². The maximum absolute atomic E-state index is 13.6. The first-order chi connectivity index (χ1) is 18.8. The highest BCUT2D eigenvalue weighted by Gasteiger charge is 2.36. The van der Waals surface area contributed by atoms with Crippen molar-refractivity contribution >= 4 is 40.2 Å². The third-order valence-corrected chi connectivity index (χ3v) is 9.75. The number of thioether (sulfide) groups is 1. The quantitative estimate of drug-likeness (QED) is 0.456. The van der Waals surface area contributed by atoms with E-state index in [1.54, 1.807) is 20.1 Å². The van der Waals surface area contributed by atoms with Crippen LogP contribution in [0.2, 0.25) is 0 Å². The molecule has 1 unspecified atom stereocenters. The van der Waals surface area contributed by atoms with Gasteiger partial charge in [-0.2, -0.15) is 0 Å². The van der Waals surface area contributed by atoms with Crippen LogP contribution in [0.15, 0.2) is 40.2 Å². The Morgan fingerprint density at radius 3 is 2.62 bits per heavy atom. The summed E-state index contributed by atoms with van der Waals surface area (Å²) in [5.74, 6) is -0.678. The van der Waals surface area contributed by atoms with Crippen molar-refractivity contribution in [2.45, 2.75) is 64.6 Å². The molecule has 0 radical (unpaired) electrons. The van der Waals surface area contributed by atoms with Crippen LogP contribution in [-0.2, 0) is 9.53 Å². The molecule has 1 aromatic heterocycles. The number of halogens is 1. The molecule has 2 aromatic rings. The Morgan fingerprint density at radius 1 is 1.21 bits per heavy atom. The molecular formula is C30H39FN4O3S. The maximum Gasteiger partial charge on any atom is 0.255 e. The van der Waals surface area contributed by atoms with Crippen LogP contribution in [-0.4, -0.2) is 71.9 Å². The van der Waals surface area contributed by atoms with Crippen molar-refractivity contribution in [3.63, 3.8) is 0 Å². The molecule has 1 saturated carbocycles. The number of para-hydroxylation sites is 1. The van der Waals surface area contributed by atoms with E-state index in [9.17, 15) is 14.0 Å². The second-order valence-corrected chi connectivity index (χ2v) is 12.1. The first-order valence-corrected chi connectivity index (χ1v) is 14.9. The van der Waals surface area contributed by atoms with Crippen LogP contribution in [0.25, 0.3) is 10.9 Å². The third-order valence-electron chi connectivity index (χ3n) is 8.91. The predicted molar refractivity (Wildman–Crippen MR) is 155 cm³/mol. The summed E-state index contributed by atoms with van der Waals surface area (Å²) < 4.78 is 20.9. The fraction of sp³-hybridized carbons (Fsp3) is 0.567. The standard InChI is InChI=1S/C30H39FN4O3S/c1-18-13-27(39-17-31)25(29(36)33-18)14-32-30(37)28-20(3)35(26-8-6-5-7-24(26)28)19(2)21-9-11-22(12-10-21)34-15-23(16-34)38-4/h5-8,13,19,21-23,25H,9-12,14-17H2,1-4H3,(H,32,37)/t19-,21?,22?,25?/m1/s1. The van der Waals surface area contributed by atoms with Crippen molar-refractivity contribution in [3.05, 3.63) is 46.5 Å². The summed E-state index contributed by atoms with van der Waals surface area (Å²) in [6.45, 7) is 8.20. The van der Waals surface area contributed by atoms with Gasteiger partial charge in [0.25, 0.3) is 11.8 Å². The number of amides is 2. The fourth-order valence-corrected chi connectivity index (χ4v) is 7.43. The van der Waals surface area contributed by atoms with E-state index in [4.69, 9.17) is 4.74 Å². The van der Waals surface area contributed by atoms with Gasteiger partial charge in [-0.1, -0.05) is 30.0 Å². The molecule has 0 bridgehead atoms. The summed E-state index contributed by atoms with van der Waals surface area (Å²) in [4.78, 5) is 33.4. The number of rotatable bonds is 9. The van der Waals surface area contributed by atoms with Gasteiger partial charge in [-0.05, 0) is 64.5 Å². The van der Waals surface area contributed by atoms with Crippen LogP contribution < -0.4 is 5.32 Å². The molecule has 0 spiro atoms. The molecule has 3 aliphatic rings. The summed E-state index contributed by atoms with van der Waals surface area (Å²) in [6.07, 6.45) is 6.84. The van der Waals surface area contributed by atoms with Crippen molar-refractivity contribution in [3.8, 4) is 0 Å². The van der Waals surface area contributed by atoms with Gasteiger partial charge in [0.05, 0.1) is 17.6 Å². The van der Waals surface area contributed by atoms with E-state index in [1.807, 2.05) is 25.1 Å². The van der Waals surface area contributed by atoms with Crippen LogP contribution in [0.1, 0.15) is 61.6 Å². The second-order valence-electron chi connectivity index (χ2n) is 11.1. The summed E-state index contributed by atoms with van der Waals surface area (Å²) >= 11 is 0.981. The number of alkyl halides is 1. The molecule has 9 heteroatoms. The largest absolute Gasteiger partial charge is 0.379 e. The lowest BCUT2D eigenvalue weighted by Gasteiger charge is -2.46. The molecule has 1 N–H and O–H groups in total. The van der Waals surface area contributed by atoms with E-state index < -0.39 is 11.9 Å². The Morgan fingerprint density at radius 2 is 1.92 bits per heavy atom. The van der Waals surface area contributed by atoms with Crippen molar-refractivity contribution in [2.24, 2.45) is 16.8 Å². The molecular weight excluding hydrogens is 515 g/mol. The van der Waals surface area contributed by atoms with Crippen LogP contribution in [0.4, 0.5) is 4.39 Å². The molecule has 39 heavy (non-hydrogen) atoms. The predicted octanol–water partition coefficient (Wildman–Crippen LogP) is 5.29. The highest BCUT2D eigenvalue weighted by atomic mass is 32.2. The number of aliphatic imine (C=N–C) groups is 1. The Bertz CT molecular complexity index is 1290. The number of dihydropyridines is 1. The molecule has 7 nitrogen and oxygen atoms in total. The maximum atomic E-state index is 13.6.